The minimum Gasteiger partial charge on any atom is -0.379 e. The van der Waals surface area contributed by atoms with Crippen LogP contribution in [0.4, 0.5) is 5.95 Å². The molecule has 7 heteroatoms. The highest BCUT2D eigenvalue weighted by Gasteiger charge is 2.11. The highest BCUT2D eigenvalue weighted by atomic mass is 16.5. The van der Waals surface area contributed by atoms with Crippen LogP contribution >= 0.6 is 0 Å². The number of ether oxygens (including phenoxy) is 1. The molecule has 0 radical (unpaired) electrons. The second-order valence-corrected chi connectivity index (χ2v) is 6.29. The monoisotopic (exact) mass is 355 g/mol. The van der Waals surface area contributed by atoms with E-state index in [0.717, 1.165) is 32.8 Å². The van der Waals surface area contributed by atoms with Gasteiger partial charge < -0.3 is 15.4 Å². The number of nitrogens with one attached hydrogen (secondary N) is 2. The van der Waals surface area contributed by atoms with Crippen molar-refractivity contribution >= 4 is 11.9 Å². The van der Waals surface area contributed by atoms with Crippen LogP contribution in [0.25, 0.3) is 0 Å². The molecule has 3 rings (SSSR count). The molecule has 0 spiro atoms. The van der Waals surface area contributed by atoms with Crippen LogP contribution in [0.2, 0.25) is 0 Å². The number of amides is 1. The fourth-order valence-electron chi connectivity index (χ4n) is 2.77. The lowest BCUT2D eigenvalue weighted by Gasteiger charge is -2.26. The number of aromatic nitrogens is 2. The Morgan fingerprint density at radius 1 is 1.19 bits per heavy atom. The van der Waals surface area contributed by atoms with Crippen molar-refractivity contribution < 1.29 is 9.53 Å². The summed E-state index contributed by atoms with van der Waals surface area (Å²) in [6.45, 7) is 7.51. The van der Waals surface area contributed by atoms with Crippen LogP contribution in [0, 0.1) is 6.92 Å². The molecule has 0 atom stereocenters. The smallest absolute Gasteiger partial charge is 0.254 e. The summed E-state index contributed by atoms with van der Waals surface area (Å²) < 4.78 is 5.31. The summed E-state index contributed by atoms with van der Waals surface area (Å²) >= 11 is 0. The molecule has 2 heterocycles. The Kier molecular flexibility index (Phi) is 6.51. The van der Waals surface area contributed by atoms with E-state index in [1.54, 1.807) is 12.4 Å². The molecule has 0 aliphatic carbocycles. The fourth-order valence-corrected chi connectivity index (χ4v) is 2.77. The number of nitrogens with zero attached hydrogens (tertiary/aromatic N) is 3. The molecule has 2 aromatic rings. The molecular weight excluding hydrogens is 330 g/mol. The van der Waals surface area contributed by atoms with E-state index < -0.39 is 0 Å². The number of benzene rings is 1. The van der Waals surface area contributed by atoms with Gasteiger partial charge in [0.15, 0.2) is 0 Å². The maximum Gasteiger partial charge on any atom is 0.254 e. The van der Waals surface area contributed by atoms with Crippen molar-refractivity contribution in [1.29, 1.82) is 0 Å². The largest absolute Gasteiger partial charge is 0.379 e. The van der Waals surface area contributed by atoms with Gasteiger partial charge >= 0.3 is 0 Å². The number of morpholine rings is 1. The molecule has 1 fully saturated rings. The highest BCUT2D eigenvalue weighted by Crippen LogP contribution is 2.09. The number of rotatable bonds is 7. The maximum atomic E-state index is 12.2. The molecule has 1 aromatic heterocycles. The Labute approximate surface area is 153 Å². The highest BCUT2D eigenvalue weighted by molar-refractivity contribution is 5.93. The first-order valence-electron chi connectivity index (χ1n) is 8.91. The van der Waals surface area contributed by atoms with E-state index in [-0.39, 0.29) is 5.91 Å². The Morgan fingerprint density at radius 3 is 2.65 bits per heavy atom. The van der Waals surface area contributed by atoms with Gasteiger partial charge in [-0.05, 0) is 18.1 Å². The van der Waals surface area contributed by atoms with Crippen LogP contribution in [0.3, 0.4) is 0 Å². The summed E-state index contributed by atoms with van der Waals surface area (Å²) in [5.41, 5.74) is 2.88. The van der Waals surface area contributed by atoms with E-state index in [1.165, 1.54) is 11.1 Å². The SMILES string of the molecule is Cc1ccccc1CNc1ncc(C(=O)NCCN2CCOCC2)cn1. The Balaban J connectivity index is 1.44. The predicted molar refractivity (Wildman–Crippen MR) is 100 cm³/mol. The van der Waals surface area contributed by atoms with Crippen molar-refractivity contribution in [2.45, 2.75) is 13.5 Å². The first-order chi connectivity index (χ1) is 12.7. The van der Waals surface area contributed by atoms with Crippen LogP contribution < -0.4 is 10.6 Å². The van der Waals surface area contributed by atoms with Gasteiger partial charge in [0.2, 0.25) is 5.95 Å². The van der Waals surface area contributed by atoms with Gasteiger partial charge in [-0.25, -0.2) is 9.97 Å². The average molecular weight is 355 g/mol. The molecule has 0 saturated carbocycles. The molecule has 1 aliphatic rings. The Morgan fingerprint density at radius 2 is 1.92 bits per heavy atom. The topological polar surface area (TPSA) is 79.4 Å². The van der Waals surface area contributed by atoms with Crippen molar-refractivity contribution in [2.75, 3.05) is 44.7 Å². The first kappa shape index (κ1) is 18.3. The molecule has 1 amide bonds. The van der Waals surface area contributed by atoms with E-state index in [4.69, 9.17) is 4.74 Å². The number of anilines is 1. The zero-order valence-electron chi connectivity index (χ0n) is 15.1. The number of carbonyl (C=O) groups is 1. The normalized spacial score (nSPS) is 14.8. The molecule has 7 nitrogen and oxygen atoms in total. The number of hydrogen-bond donors (Lipinski definition) is 2. The van der Waals surface area contributed by atoms with Gasteiger partial charge in [-0.15, -0.1) is 0 Å². The van der Waals surface area contributed by atoms with Gasteiger partial charge in [0.05, 0.1) is 18.8 Å². The maximum absolute atomic E-state index is 12.2. The molecule has 1 saturated heterocycles. The van der Waals surface area contributed by atoms with Crippen LogP contribution in [0.15, 0.2) is 36.7 Å². The molecular formula is C19H25N5O2. The number of hydrogen-bond acceptors (Lipinski definition) is 6. The van der Waals surface area contributed by atoms with Gasteiger partial charge in [-0.3, -0.25) is 9.69 Å². The summed E-state index contributed by atoms with van der Waals surface area (Å²) in [4.78, 5) is 22.9. The molecule has 0 bridgehead atoms. The molecule has 26 heavy (non-hydrogen) atoms. The molecule has 138 valence electrons. The minimum absolute atomic E-state index is 0.149. The average Bonchev–Trinajstić information content (AvgIpc) is 2.68. The van der Waals surface area contributed by atoms with Gasteiger partial charge in [0.1, 0.15) is 0 Å². The van der Waals surface area contributed by atoms with E-state index in [0.29, 0.717) is 24.6 Å². The third-order valence-corrected chi connectivity index (χ3v) is 4.43. The number of aryl methyl sites for hydroxylation is 1. The summed E-state index contributed by atoms with van der Waals surface area (Å²) in [5.74, 6) is 0.363. The van der Waals surface area contributed by atoms with E-state index in [9.17, 15) is 4.79 Å². The van der Waals surface area contributed by atoms with Crippen molar-refractivity contribution in [3.05, 3.63) is 53.3 Å². The quantitative estimate of drug-likeness (QED) is 0.783. The van der Waals surface area contributed by atoms with Crippen molar-refractivity contribution in [2.24, 2.45) is 0 Å². The van der Waals surface area contributed by atoms with Gasteiger partial charge in [0.25, 0.3) is 5.91 Å². The lowest BCUT2D eigenvalue weighted by atomic mass is 10.1. The van der Waals surface area contributed by atoms with Crippen LogP contribution in [-0.4, -0.2) is 60.2 Å². The summed E-state index contributed by atoms with van der Waals surface area (Å²) in [6.07, 6.45) is 3.11. The predicted octanol–water partition coefficient (Wildman–Crippen LogP) is 1.46. The second-order valence-electron chi connectivity index (χ2n) is 6.29. The lowest BCUT2D eigenvalue weighted by Crippen LogP contribution is -2.41. The van der Waals surface area contributed by atoms with Crippen molar-refractivity contribution in [3.8, 4) is 0 Å². The van der Waals surface area contributed by atoms with Crippen LogP contribution in [0.5, 0.6) is 0 Å². The zero-order chi connectivity index (χ0) is 18.2. The Bertz CT molecular complexity index is 714. The summed E-state index contributed by atoms with van der Waals surface area (Å²) in [5, 5.41) is 6.09. The third kappa shape index (κ3) is 5.24. The molecule has 1 aromatic carbocycles. The Hall–Kier alpha value is -2.51. The molecule has 0 unspecified atom stereocenters. The van der Waals surface area contributed by atoms with E-state index in [1.807, 2.05) is 12.1 Å². The molecule has 2 N–H and O–H groups in total. The van der Waals surface area contributed by atoms with Crippen molar-refractivity contribution in [1.82, 2.24) is 20.2 Å². The van der Waals surface area contributed by atoms with Crippen LogP contribution in [-0.2, 0) is 11.3 Å². The summed E-state index contributed by atoms with van der Waals surface area (Å²) in [6, 6.07) is 8.16. The molecule has 1 aliphatic heterocycles. The second kappa shape index (κ2) is 9.26. The van der Waals surface area contributed by atoms with Crippen molar-refractivity contribution in [3.63, 3.8) is 0 Å². The number of carbonyl (C=O) groups excluding carboxylic acids is 1. The first-order valence-corrected chi connectivity index (χ1v) is 8.91. The van der Waals surface area contributed by atoms with Crippen LogP contribution in [0.1, 0.15) is 21.5 Å². The van der Waals surface area contributed by atoms with Gasteiger partial charge in [0, 0.05) is 45.1 Å². The standard InChI is InChI=1S/C19H25N5O2/c1-15-4-2-3-5-16(15)12-21-19-22-13-17(14-23-19)18(25)20-6-7-24-8-10-26-11-9-24/h2-5,13-14H,6-12H2,1H3,(H,20,25)(H,21,22,23). The third-order valence-electron chi connectivity index (χ3n) is 4.43. The zero-order valence-corrected chi connectivity index (χ0v) is 15.1. The fraction of sp³-hybridized carbons (Fsp3) is 0.421. The van der Waals surface area contributed by atoms with Gasteiger partial charge in [-0.2, -0.15) is 0 Å². The van der Waals surface area contributed by atoms with E-state index >= 15 is 0 Å². The minimum atomic E-state index is -0.149. The van der Waals surface area contributed by atoms with E-state index in [2.05, 4.69) is 44.6 Å². The lowest BCUT2D eigenvalue weighted by molar-refractivity contribution is 0.0383. The van der Waals surface area contributed by atoms with Gasteiger partial charge in [-0.1, -0.05) is 24.3 Å². The summed E-state index contributed by atoms with van der Waals surface area (Å²) in [7, 11) is 0.